The molecule has 0 bridgehead atoms. The standard InChI is InChI=1S/C23H22FN7O2/c1-33-18-10-12-4-3-8-26-16(12)11-17(18)29-23-30-21-13(7-9-27-21)22(31-23)28-15-6-2-5-14(24)19(15)20(25)32/h2,5-7,9-11,26H,3-4,8H2,1H3,(H2,25,32)(H3,27,28,29,30,31). The van der Waals surface area contributed by atoms with Crippen molar-refractivity contribution >= 4 is 45.8 Å². The number of aromatic nitrogens is 3. The number of hydrogen-bond donors (Lipinski definition) is 5. The first-order chi connectivity index (χ1) is 16.0. The number of rotatable bonds is 6. The van der Waals surface area contributed by atoms with Crippen LogP contribution >= 0.6 is 0 Å². The van der Waals surface area contributed by atoms with Gasteiger partial charge in [0.15, 0.2) is 0 Å². The Hall–Kier alpha value is -4.34. The van der Waals surface area contributed by atoms with Crippen LogP contribution in [0.3, 0.4) is 0 Å². The first-order valence-corrected chi connectivity index (χ1v) is 10.5. The van der Waals surface area contributed by atoms with E-state index in [0.29, 0.717) is 34.2 Å². The molecule has 0 saturated carbocycles. The van der Waals surface area contributed by atoms with Crippen LogP contribution in [0.5, 0.6) is 5.75 Å². The summed E-state index contributed by atoms with van der Waals surface area (Å²) >= 11 is 0. The van der Waals surface area contributed by atoms with Crippen molar-refractivity contribution in [3.05, 3.63) is 59.5 Å². The summed E-state index contributed by atoms with van der Waals surface area (Å²) in [7, 11) is 1.61. The Balaban J connectivity index is 1.55. The molecule has 2 aromatic carbocycles. The van der Waals surface area contributed by atoms with Gasteiger partial charge in [-0.05, 0) is 48.7 Å². The van der Waals surface area contributed by atoms with E-state index in [1.807, 2.05) is 12.1 Å². The summed E-state index contributed by atoms with van der Waals surface area (Å²) in [6.45, 7) is 0.910. The molecule has 0 spiro atoms. The van der Waals surface area contributed by atoms with Gasteiger partial charge in [0.1, 0.15) is 23.0 Å². The van der Waals surface area contributed by atoms with Crippen LogP contribution in [0.4, 0.5) is 33.2 Å². The number of aryl methyl sites for hydroxylation is 1. The van der Waals surface area contributed by atoms with E-state index in [9.17, 15) is 9.18 Å². The number of halogens is 1. The Labute approximate surface area is 188 Å². The molecule has 6 N–H and O–H groups in total. The van der Waals surface area contributed by atoms with Gasteiger partial charge < -0.3 is 31.4 Å². The monoisotopic (exact) mass is 447 g/mol. The minimum atomic E-state index is -0.875. The zero-order chi connectivity index (χ0) is 22.9. The lowest BCUT2D eigenvalue weighted by molar-refractivity contribution is 0.0997. The van der Waals surface area contributed by atoms with E-state index in [2.05, 4.69) is 30.9 Å². The van der Waals surface area contributed by atoms with E-state index in [4.69, 9.17) is 10.5 Å². The minimum absolute atomic E-state index is 0.213. The maximum Gasteiger partial charge on any atom is 0.253 e. The molecule has 1 aliphatic rings. The topological polar surface area (TPSA) is 130 Å². The molecule has 3 heterocycles. The van der Waals surface area contributed by atoms with Crippen molar-refractivity contribution in [2.75, 3.05) is 29.6 Å². The van der Waals surface area contributed by atoms with Crippen molar-refractivity contribution in [1.82, 2.24) is 15.0 Å². The van der Waals surface area contributed by atoms with Crippen LogP contribution in [0.2, 0.25) is 0 Å². The number of carbonyl (C=O) groups excluding carboxylic acids is 1. The Morgan fingerprint density at radius 1 is 1.18 bits per heavy atom. The maximum atomic E-state index is 14.2. The lowest BCUT2D eigenvalue weighted by Gasteiger charge is -2.21. The average Bonchev–Trinajstić information content (AvgIpc) is 3.27. The van der Waals surface area contributed by atoms with Crippen molar-refractivity contribution in [3.8, 4) is 5.75 Å². The number of amides is 1. The van der Waals surface area contributed by atoms with Crippen LogP contribution in [-0.2, 0) is 6.42 Å². The molecule has 4 aromatic rings. The number of hydrogen-bond acceptors (Lipinski definition) is 7. The van der Waals surface area contributed by atoms with Gasteiger partial charge in [0, 0.05) is 18.4 Å². The number of nitrogens with zero attached hydrogens (tertiary/aromatic N) is 2. The number of fused-ring (bicyclic) bond motifs is 2. The fourth-order valence-corrected chi connectivity index (χ4v) is 3.98. The molecule has 0 unspecified atom stereocenters. The number of carbonyl (C=O) groups is 1. The first-order valence-electron chi connectivity index (χ1n) is 10.5. The molecule has 5 rings (SSSR count). The lowest BCUT2D eigenvalue weighted by atomic mass is 10.0. The molecule has 0 saturated heterocycles. The fraction of sp³-hybridized carbons (Fsp3) is 0.174. The van der Waals surface area contributed by atoms with Gasteiger partial charge >= 0.3 is 0 Å². The smallest absolute Gasteiger partial charge is 0.253 e. The van der Waals surface area contributed by atoms with Gasteiger partial charge in [-0.15, -0.1) is 0 Å². The van der Waals surface area contributed by atoms with Gasteiger partial charge in [0.05, 0.1) is 29.4 Å². The molecule has 10 heteroatoms. The predicted octanol–water partition coefficient (Wildman–Crippen LogP) is 4.05. The van der Waals surface area contributed by atoms with Crippen LogP contribution in [0.15, 0.2) is 42.6 Å². The number of anilines is 5. The quantitative estimate of drug-likeness (QED) is 0.301. The van der Waals surface area contributed by atoms with E-state index in [-0.39, 0.29) is 11.3 Å². The van der Waals surface area contributed by atoms with Crippen molar-refractivity contribution in [2.24, 2.45) is 5.73 Å². The first kappa shape index (κ1) is 20.6. The van der Waals surface area contributed by atoms with Gasteiger partial charge in [-0.3, -0.25) is 4.79 Å². The molecule has 9 nitrogen and oxygen atoms in total. The molecular formula is C23H22FN7O2. The van der Waals surface area contributed by atoms with Gasteiger partial charge in [-0.25, -0.2) is 4.39 Å². The van der Waals surface area contributed by atoms with E-state index >= 15 is 0 Å². The zero-order valence-electron chi connectivity index (χ0n) is 17.8. The molecule has 0 radical (unpaired) electrons. The predicted molar refractivity (Wildman–Crippen MR) is 125 cm³/mol. The normalized spacial score (nSPS) is 12.7. The lowest BCUT2D eigenvalue weighted by Crippen LogP contribution is -2.16. The number of ether oxygens (including phenoxy) is 1. The zero-order valence-corrected chi connectivity index (χ0v) is 17.8. The molecular weight excluding hydrogens is 425 g/mol. The molecule has 0 atom stereocenters. The summed E-state index contributed by atoms with van der Waals surface area (Å²) in [6.07, 6.45) is 3.77. The summed E-state index contributed by atoms with van der Waals surface area (Å²) in [5.74, 6) is -0.246. The third-order valence-electron chi connectivity index (χ3n) is 5.54. The largest absolute Gasteiger partial charge is 0.495 e. The van der Waals surface area contributed by atoms with E-state index in [1.165, 1.54) is 17.7 Å². The van der Waals surface area contributed by atoms with E-state index in [1.54, 1.807) is 25.4 Å². The van der Waals surface area contributed by atoms with E-state index < -0.39 is 11.7 Å². The minimum Gasteiger partial charge on any atom is -0.495 e. The van der Waals surface area contributed by atoms with Crippen LogP contribution in [0.1, 0.15) is 22.3 Å². The van der Waals surface area contributed by atoms with Crippen LogP contribution < -0.4 is 26.4 Å². The maximum absolute atomic E-state index is 14.2. The SMILES string of the molecule is COc1cc2c(cc1Nc1nc(Nc3cccc(F)c3C(N)=O)c3cc[nH]c3n1)NCCC2. The van der Waals surface area contributed by atoms with Gasteiger partial charge in [0.25, 0.3) is 5.91 Å². The summed E-state index contributed by atoms with van der Waals surface area (Å²) in [4.78, 5) is 24.0. The summed E-state index contributed by atoms with van der Waals surface area (Å²) < 4.78 is 19.8. The second-order valence-electron chi connectivity index (χ2n) is 7.65. The number of primary amides is 1. The second kappa shape index (κ2) is 8.30. The number of nitrogens with one attached hydrogen (secondary N) is 4. The van der Waals surface area contributed by atoms with Crippen molar-refractivity contribution in [2.45, 2.75) is 12.8 Å². The summed E-state index contributed by atoms with van der Waals surface area (Å²) in [5.41, 5.74) is 8.85. The highest BCUT2D eigenvalue weighted by atomic mass is 19.1. The summed E-state index contributed by atoms with van der Waals surface area (Å²) in [6, 6.07) is 10.00. The van der Waals surface area contributed by atoms with Crippen LogP contribution in [0.25, 0.3) is 11.0 Å². The number of aromatic amines is 1. The second-order valence-corrected chi connectivity index (χ2v) is 7.65. The molecule has 0 aliphatic carbocycles. The van der Waals surface area contributed by atoms with Crippen molar-refractivity contribution < 1.29 is 13.9 Å². The Morgan fingerprint density at radius 3 is 2.88 bits per heavy atom. The summed E-state index contributed by atoms with van der Waals surface area (Å²) in [5, 5.41) is 10.3. The number of methoxy groups -OCH3 is 1. The van der Waals surface area contributed by atoms with E-state index in [0.717, 1.165) is 25.1 Å². The molecule has 168 valence electrons. The van der Waals surface area contributed by atoms with Crippen molar-refractivity contribution in [1.29, 1.82) is 0 Å². The van der Waals surface area contributed by atoms with Crippen LogP contribution in [-0.4, -0.2) is 34.5 Å². The third kappa shape index (κ3) is 3.86. The number of nitrogens with two attached hydrogens (primary N) is 1. The highest BCUT2D eigenvalue weighted by Crippen LogP contribution is 2.36. The van der Waals surface area contributed by atoms with Gasteiger partial charge in [-0.2, -0.15) is 9.97 Å². The Kier molecular flexibility index (Phi) is 5.17. The van der Waals surface area contributed by atoms with Gasteiger partial charge in [-0.1, -0.05) is 6.07 Å². The highest BCUT2D eigenvalue weighted by Gasteiger charge is 2.18. The van der Waals surface area contributed by atoms with Gasteiger partial charge in [0.2, 0.25) is 5.95 Å². The molecule has 1 amide bonds. The van der Waals surface area contributed by atoms with Crippen LogP contribution in [0, 0.1) is 5.82 Å². The third-order valence-corrected chi connectivity index (χ3v) is 5.54. The van der Waals surface area contributed by atoms with Crippen molar-refractivity contribution in [3.63, 3.8) is 0 Å². The Morgan fingerprint density at radius 2 is 2.06 bits per heavy atom. The number of H-pyrrole nitrogens is 1. The highest BCUT2D eigenvalue weighted by molar-refractivity contribution is 6.01. The molecule has 1 aliphatic heterocycles. The Bertz CT molecular complexity index is 1370. The average molecular weight is 447 g/mol. The fourth-order valence-electron chi connectivity index (χ4n) is 3.98. The molecule has 33 heavy (non-hydrogen) atoms. The molecule has 0 fully saturated rings. The molecule has 2 aromatic heterocycles. The number of benzene rings is 2.